The van der Waals surface area contributed by atoms with Crippen LogP contribution in [0.25, 0.3) is 0 Å². The van der Waals surface area contributed by atoms with Crippen molar-refractivity contribution in [1.82, 2.24) is 9.97 Å². The number of hydrogen-bond donors (Lipinski definition) is 2. The van der Waals surface area contributed by atoms with Crippen molar-refractivity contribution in [2.75, 3.05) is 11.6 Å². The van der Waals surface area contributed by atoms with Gasteiger partial charge >= 0.3 is 0 Å². The summed E-state index contributed by atoms with van der Waals surface area (Å²) < 4.78 is 0. The largest absolute Gasteiger partial charge is 0.388 e. The van der Waals surface area contributed by atoms with Crippen LogP contribution in [-0.4, -0.2) is 32.5 Å². The normalized spacial score (nSPS) is 23.6. The summed E-state index contributed by atoms with van der Waals surface area (Å²) in [7, 11) is 0. The van der Waals surface area contributed by atoms with Crippen LogP contribution >= 0.6 is 24.0 Å². The molecule has 4 nitrogen and oxygen atoms in total. The van der Waals surface area contributed by atoms with Gasteiger partial charge in [-0.25, -0.2) is 9.97 Å². The van der Waals surface area contributed by atoms with Gasteiger partial charge in [0, 0.05) is 23.7 Å². The van der Waals surface area contributed by atoms with Crippen molar-refractivity contribution in [2.45, 2.75) is 30.6 Å². The molecule has 0 bridgehead atoms. The molecule has 1 saturated carbocycles. The van der Waals surface area contributed by atoms with E-state index in [0.29, 0.717) is 22.5 Å². The third kappa shape index (κ3) is 3.07. The SMILES string of the molecule is CSC1CCC(Nc2nccnc2C(N)=S)C1. The lowest BCUT2D eigenvalue weighted by Crippen LogP contribution is -2.22. The van der Waals surface area contributed by atoms with Crippen LogP contribution in [-0.2, 0) is 0 Å². The van der Waals surface area contributed by atoms with Crippen molar-refractivity contribution < 1.29 is 0 Å². The summed E-state index contributed by atoms with van der Waals surface area (Å²) in [5.41, 5.74) is 6.22. The lowest BCUT2D eigenvalue weighted by Gasteiger charge is -2.15. The van der Waals surface area contributed by atoms with Gasteiger partial charge in [0.05, 0.1) is 0 Å². The maximum atomic E-state index is 5.63. The Labute approximate surface area is 111 Å². The Kier molecular flexibility index (Phi) is 4.17. The number of hydrogen-bond acceptors (Lipinski definition) is 5. The molecule has 0 aromatic carbocycles. The minimum atomic E-state index is 0.292. The summed E-state index contributed by atoms with van der Waals surface area (Å²) in [5.74, 6) is 0.715. The summed E-state index contributed by atoms with van der Waals surface area (Å²) in [4.78, 5) is 8.72. The minimum Gasteiger partial charge on any atom is -0.388 e. The quantitative estimate of drug-likeness (QED) is 0.812. The van der Waals surface area contributed by atoms with E-state index in [9.17, 15) is 0 Å². The predicted molar refractivity (Wildman–Crippen MR) is 76.5 cm³/mol. The molecule has 1 aromatic rings. The Morgan fingerprint density at radius 3 is 2.88 bits per heavy atom. The van der Waals surface area contributed by atoms with Crippen LogP contribution in [0.5, 0.6) is 0 Å². The smallest absolute Gasteiger partial charge is 0.155 e. The molecule has 3 N–H and O–H groups in total. The monoisotopic (exact) mass is 268 g/mol. The number of anilines is 1. The molecule has 2 atom stereocenters. The van der Waals surface area contributed by atoms with Crippen molar-refractivity contribution >= 4 is 34.8 Å². The van der Waals surface area contributed by atoms with Crippen LogP contribution in [0.2, 0.25) is 0 Å². The van der Waals surface area contributed by atoms with Gasteiger partial charge in [-0.15, -0.1) is 0 Å². The van der Waals surface area contributed by atoms with Gasteiger partial charge in [-0.2, -0.15) is 11.8 Å². The zero-order valence-corrected chi connectivity index (χ0v) is 11.4. The first-order valence-electron chi connectivity index (χ1n) is 5.61. The molecule has 17 heavy (non-hydrogen) atoms. The maximum Gasteiger partial charge on any atom is 0.155 e. The highest BCUT2D eigenvalue weighted by Crippen LogP contribution is 2.30. The molecule has 1 heterocycles. The Hall–Kier alpha value is -0.880. The van der Waals surface area contributed by atoms with Crippen LogP contribution in [0.1, 0.15) is 25.0 Å². The minimum absolute atomic E-state index is 0.292. The lowest BCUT2D eigenvalue weighted by atomic mass is 10.2. The Balaban J connectivity index is 2.06. The zero-order chi connectivity index (χ0) is 12.3. The fourth-order valence-corrected chi connectivity index (χ4v) is 3.05. The number of thiocarbonyl (C=S) groups is 1. The highest BCUT2D eigenvalue weighted by molar-refractivity contribution is 7.99. The van der Waals surface area contributed by atoms with Crippen LogP contribution in [0.4, 0.5) is 5.82 Å². The van der Waals surface area contributed by atoms with Gasteiger partial charge in [0.15, 0.2) is 5.82 Å². The molecule has 1 fully saturated rings. The second-order valence-corrected chi connectivity index (χ2v) is 5.71. The van der Waals surface area contributed by atoms with Gasteiger partial charge in [-0.3, -0.25) is 0 Å². The lowest BCUT2D eigenvalue weighted by molar-refractivity contribution is 0.750. The molecule has 1 aliphatic carbocycles. The number of nitrogens with one attached hydrogen (secondary N) is 1. The molecule has 1 aromatic heterocycles. The van der Waals surface area contributed by atoms with E-state index >= 15 is 0 Å². The van der Waals surface area contributed by atoms with Crippen LogP contribution in [0.3, 0.4) is 0 Å². The molecule has 6 heteroatoms. The summed E-state index contributed by atoms with van der Waals surface area (Å²) in [6.45, 7) is 0. The van der Waals surface area contributed by atoms with Crippen LogP contribution in [0, 0.1) is 0 Å². The average Bonchev–Trinajstić information content (AvgIpc) is 2.77. The summed E-state index contributed by atoms with van der Waals surface area (Å²) >= 11 is 6.90. The van der Waals surface area contributed by atoms with E-state index in [2.05, 4.69) is 21.5 Å². The third-order valence-corrected chi connectivity index (χ3v) is 4.28. The molecule has 2 rings (SSSR count). The third-order valence-electron chi connectivity index (χ3n) is 2.99. The number of aromatic nitrogens is 2. The van der Waals surface area contributed by atoms with Gasteiger partial charge < -0.3 is 11.1 Å². The van der Waals surface area contributed by atoms with E-state index in [1.54, 1.807) is 12.4 Å². The molecule has 1 aliphatic rings. The predicted octanol–water partition coefficient (Wildman–Crippen LogP) is 1.81. The van der Waals surface area contributed by atoms with E-state index in [1.807, 2.05) is 11.8 Å². The van der Waals surface area contributed by atoms with Gasteiger partial charge in [-0.1, -0.05) is 12.2 Å². The first-order chi connectivity index (χ1) is 8.20. The molecule has 0 amide bonds. The van der Waals surface area contributed by atoms with E-state index in [0.717, 1.165) is 11.7 Å². The Morgan fingerprint density at radius 2 is 2.24 bits per heavy atom. The van der Waals surface area contributed by atoms with Gasteiger partial charge in [0.1, 0.15) is 10.7 Å². The molecule has 0 spiro atoms. The van der Waals surface area contributed by atoms with Crippen molar-refractivity contribution in [3.8, 4) is 0 Å². The van der Waals surface area contributed by atoms with Crippen molar-refractivity contribution in [1.29, 1.82) is 0 Å². The zero-order valence-electron chi connectivity index (χ0n) is 9.72. The van der Waals surface area contributed by atoms with E-state index in [4.69, 9.17) is 18.0 Å². The number of nitrogens with zero attached hydrogens (tertiary/aromatic N) is 2. The summed E-state index contributed by atoms with van der Waals surface area (Å²) in [6, 6.07) is 0.456. The first kappa shape index (κ1) is 12.6. The van der Waals surface area contributed by atoms with Gasteiger partial charge in [0.25, 0.3) is 0 Å². The standard InChI is InChI=1S/C11H16N4S2/c1-17-8-3-2-7(6-8)15-11-9(10(12)16)13-4-5-14-11/h4-5,7-8H,2-3,6H2,1H3,(H2,12,16)(H,14,15). The molecule has 0 aliphatic heterocycles. The van der Waals surface area contributed by atoms with Crippen molar-refractivity contribution in [3.63, 3.8) is 0 Å². The van der Waals surface area contributed by atoms with Crippen molar-refractivity contribution in [3.05, 3.63) is 18.1 Å². The molecule has 0 radical (unpaired) electrons. The van der Waals surface area contributed by atoms with Crippen LogP contribution in [0.15, 0.2) is 12.4 Å². The van der Waals surface area contributed by atoms with Gasteiger partial charge in [0.2, 0.25) is 0 Å². The van der Waals surface area contributed by atoms with Gasteiger partial charge in [-0.05, 0) is 25.5 Å². The van der Waals surface area contributed by atoms with Crippen LogP contribution < -0.4 is 11.1 Å². The highest BCUT2D eigenvalue weighted by Gasteiger charge is 2.24. The van der Waals surface area contributed by atoms with E-state index in [1.165, 1.54) is 12.8 Å². The van der Waals surface area contributed by atoms with E-state index in [-0.39, 0.29) is 0 Å². The van der Waals surface area contributed by atoms with Crippen molar-refractivity contribution in [2.24, 2.45) is 5.73 Å². The summed E-state index contributed by atoms with van der Waals surface area (Å²) in [6.07, 6.45) is 9.01. The van der Waals surface area contributed by atoms with E-state index < -0.39 is 0 Å². The molecule has 0 saturated heterocycles. The highest BCUT2D eigenvalue weighted by atomic mass is 32.2. The Bertz CT molecular complexity index is 410. The maximum absolute atomic E-state index is 5.63. The summed E-state index contributed by atoms with van der Waals surface area (Å²) in [5, 5.41) is 4.15. The number of thioether (sulfide) groups is 1. The average molecular weight is 268 g/mol. The number of nitrogens with two attached hydrogens (primary N) is 1. The second kappa shape index (κ2) is 5.64. The fraction of sp³-hybridized carbons (Fsp3) is 0.545. The second-order valence-electron chi connectivity index (χ2n) is 4.13. The number of rotatable bonds is 4. The topological polar surface area (TPSA) is 63.8 Å². The fourth-order valence-electron chi connectivity index (χ4n) is 2.10. The molecule has 92 valence electrons. The Morgan fingerprint density at radius 1 is 1.47 bits per heavy atom. The molecular formula is C11H16N4S2. The molecule has 2 unspecified atom stereocenters. The molecular weight excluding hydrogens is 252 g/mol. The first-order valence-corrected chi connectivity index (χ1v) is 7.30.